The number of rotatable bonds is 6. The molecule has 1 fully saturated rings. The topological polar surface area (TPSA) is 64.3 Å². The van der Waals surface area contributed by atoms with Gasteiger partial charge in [0.1, 0.15) is 5.75 Å². The number of amides is 1. The van der Waals surface area contributed by atoms with Crippen molar-refractivity contribution in [2.24, 2.45) is 11.7 Å². The summed E-state index contributed by atoms with van der Waals surface area (Å²) in [4.78, 5) is 12.3. The van der Waals surface area contributed by atoms with Crippen LogP contribution in [0.15, 0.2) is 24.3 Å². The molecule has 0 saturated heterocycles. The van der Waals surface area contributed by atoms with Gasteiger partial charge in [-0.2, -0.15) is 8.78 Å². The minimum atomic E-state index is -2.93. The van der Waals surface area contributed by atoms with Crippen LogP contribution in [-0.2, 0) is 0 Å². The average molecular weight is 300 g/mol. The maximum absolute atomic E-state index is 12.1. The van der Waals surface area contributed by atoms with Crippen LogP contribution in [0.5, 0.6) is 5.75 Å². The van der Waals surface area contributed by atoms with Crippen LogP contribution < -0.4 is 15.8 Å². The van der Waals surface area contributed by atoms with Crippen LogP contribution in [0.3, 0.4) is 0 Å². The first kappa shape index (κ1) is 14.6. The summed E-state index contributed by atoms with van der Waals surface area (Å²) in [6, 6.07) is 5.24. The molecule has 1 aliphatic rings. The lowest BCUT2D eigenvalue weighted by Crippen LogP contribution is -2.45. The van der Waals surface area contributed by atoms with E-state index in [-0.39, 0.29) is 28.3 Å². The molecule has 108 valence electrons. The Hall–Kier alpha value is -1.76. The van der Waals surface area contributed by atoms with E-state index in [9.17, 15) is 13.6 Å². The molecule has 1 unspecified atom stereocenters. The zero-order valence-corrected chi connectivity index (χ0v) is 11.3. The van der Waals surface area contributed by atoms with E-state index in [4.69, 9.17) is 18.0 Å². The molecular formula is C13H14F2N2O2S. The number of carbonyl (C=O) groups excluding carboxylic acids is 1. The van der Waals surface area contributed by atoms with Gasteiger partial charge >= 0.3 is 6.61 Å². The summed E-state index contributed by atoms with van der Waals surface area (Å²) in [6.07, 6.45) is 1.94. The number of nitrogens with one attached hydrogen (secondary N) is 1. The van der Waals surface area contributed by atoms with E-state index >= 15 is 0 Å². The van der Waals surface area contributed by atoms with Gasteiger partial charge in [0.2, 0.25) is 0 Å². The normalized spacial score (nSPS) is 15.8. The second-order valence-corrected chi connectivity index (χ2v) is 5.07. The van der Waals surface area contributed by atoms with Crippen LogP contribution >= 0.6 is 12.2 Å². The molecule has 0 bridgehead atoms. The first-order valence-corrected chi connectivity index (χ1v) is 6.53. The molecule has 0 radical (unpaired) electrons. The van der Waals surface area contributed by atoms with Crippen molar-refractivity contribution in [1.82, 2.24) is 5.32 Å². The second kappa shape index (κ2) is 6.13. The Morgan fingerprint density at radius 2 is 2.15 bits per heavy atom. The molecule has 4 nitrogen and oxygen atoms in total. The van der Waals surface area contributed by atoms with Gasteiger partial charge in [-0.05, 0) is 37.0 Å². The monoisotopic (exact) mass is 300 g/mol. The van der Waals surface area contributed by atoms with Crippen molar-refractivity contribution in [3.8, 4) is 5.75 Å². The minimum absolute atomic E-state index is 0.0639. The lowest BCUT2D eigenvalue weighted by Gasteiger charge is -2.17. The first-order valence-electron chi connectivity index (χ1n) is 6.12. The third-order valence-corrected chi connectivity index (χ3v) is 3.26. The largest absolute Gasteiger partial charge is 0.435 e. The lowest BCUT2D eigenvalue weighted by molar-refractivity contribution is -0.0498. The molecule has 1 aromatic rings. The number of thiocarbonyl (C=S) groups is 1. The van der Waals surface area contributed by atoms with Gasteiger partial charge in [-0.25, -0.2) is 0 Å². The highest BCUT2D eigenvalue weighted by molar-refractivity contribution is 7.80. The predicted octanol–water partition coefficient (Wildman–Crippen LogP) is 2.08. The molecule has 0 aromatic heterocycles. The maximum atomic E-state index is 12.1. The number of ether oxygens (including phenoxy) is 1. The molecule has 3 N–H and O–H groups in total. The van der Waals surface area contributed by atoms with Crippen molar-refractivity contribution in [3.05, 3.63) is 29.8 Å². The Morgan fingerprint density at radius 1 is 1.45 bits per heavy atom. The summed E-state index contributed by atoms with van der Waals surface area (Å²) in [6.45, 7) is -2.93. The zero-order chi connectivity index (χ0) is 14.7. The van der Waals surface area contributed by atoms with Gasteiger partial charge < -0.3 is 15.8 Å². The maximum Gasteiger partial charge on any atom is 0.387 e. The van der Waals surface area contributed by atoms with E-state index in [0.717, 1.165) is 12.8 Å². The Morgan fingerprint density at radius 3 is 2.70 bits per heavy atom. The number of hydrogen-bond acceptors (Lipinski definition) is 3. The van der Waals surface area contributed by atoms with E-state index in [2.05, 4.69) is 10.1 Å². The Labute approximate surface area is 120 Å². The quantitative estimate of drug-likeness (QED) is 0.790. The van der Waals surface area contributed by atoms with Crippen LogP contribution in [0, 0.1) is 5.92 Å². The zero-order valence-electron chi connectivity index (χ0n) is 10.5. The van der Waals surface area contributed by atoms with Crippen LogP contribution in [0.2, 0.25) is 0 Å². The van der Waals surface area contributed by atoms with E-state index in [1.165, 1.54) is 24.3 Å². The third kappa shape index (κ3) is 3.86. The molecule has 1 amide bonds. The minimum Gasteiger partial charge on any atom is -0.435 e. The van der Waals surface area contributed by atoms with Gasteiger partial charge in [-0.3, -0.25) is 4.79 Å². The van der Waals surface area contributed by atoms with Crippen LogP contribution in [-0.4, -0.2) is 23.5 Å². The van der Waals surface area contributed by atoms with Gasteiger partial charge in [0, 0.05) is 5.56 Å². The van der Waals surface area contributed by atoms with E-state index in [0.29, 0.717) is 0 Å². The molecule has 0 spiro atoms. The van der Waals surface area contributed by atoms with Gasteiger partial charge in [0.05, 0.1) is 11.0 Å². The summed E-state index contributed by atoms with van der Waals surface area (Å²) in [5.41, 5.74) is 5.82. The van der Waals surface area contributed by atoms with Gasteiger partial charge in [-0.1, -0.05) is 18.3 Å². The standard InChI is InChI=1S/C13H14F2N2O2S/c14-13(15)19-9-3-1-2-8(6-9)12(18)17-10(11(16)20)7-4-5-7/h1-3,6-7,10,13H,4-5H2,(H2,16,20)(H,17,18). The summed E-state index contributed by atoms with van der Waals surface area (Å²) < 4.78 is 28.5. The smallest absolute Gasteiger partial charge is 0.387 e. The number of hydrogen-bond donors (Lipinski definition) is 2. The number of benzene rings is 1. The molecule has 1 atom stereocenters. The van der Waals surface area contributed by atoms with E-state index in [1.807, 2.05) is 0 Å². The van der Waals surface area contributed by atoms with Crippen molar-refractivity contribution in [2.45, 2.75) is 25.5 Å². The average Bonchev–Trinajstić information content (AvgIpc) is 3.19. The van der Waals surface area contributed by atoms with Crippen LogP contribution in [0.4, 0.5) is 8.78 Å². The summed E-state index contributed by atoms with van der Waals surface area (Å²) in [5.74, 6) is -0.197. The number of carbonyl (C=O) groups is 1. The first-order chi connectivity index (χ1) is 9.47. The third-order valence-electron chi connectivity index (χ3n) is 3.01. The Kier molecular flexibility index (Phi) is 4.49. The van der Waals surface area contributed by atoms with Gasteiger partial charge in [0.15, 0.2) is 0 Å². The molecule has 1 saturated carbocycles. The fraction of sp³-hybridized carbons (Fsp3) is 0.385. The molecule has 0 aliphatic heterocycles. The second-order valence-electron chi connectivity index (χ2n) is 4.60. The fourth-order valence-corrected chi connectivity index (χ4v) is 2.14. The van der Waals surface area contributed by atoms with Crippen molar-refractivity contribution in [2.75, 3.05) is 0 Å². The SMILES string of the molecule is NC(=S)C(NC(=O)c1cccc(OC(F)F)c1)C1CC1. The van der Waals surface area contributed by atoms with Crippen molar-refractivity contribution < 1.29 is 18.3 Å². The van der Waals surface area contributed by atoms with Crippen LogP contribution in [0.25, 0.3) is 0 Å². The predicted molar refractivity (Wildman–Crippen MR) is 73.8 cm³/mol. The molecule has 1 aliphatic carbocycles. The highest BCUT2D eigenvalue weighted by Crippen LogP contribution is 2.33. The highest BCUT2D eigenvalue weighted by Gasteiger charge is 2.34. The Bertz CT molecular complexity index is 521. The summed E-state index contributed by atoms with van der Waals surface area (Å²) in [7, 11) is 0. The highest BCUT2D eigenvalue weighted by atomic mass is 32.1. The number of halogens is 2. The fourth-order valence-electron chi connectivity index (χ4n) is 1.89. The van der Waals surface area contributed by atoms with Gasteiger partial charge in [-0.15, -0.1) is 0 Å². The summed E-state index contributed by atoms with van der Waals surface area (Å²) in [5, 5.41) is 2.73. The molecule has 1 aromatic carbocycles. The molecule has 7 heteroatoms. The molecule has 2 rings (SSSR count). The lowest BCUT2D eigenvalue weighted by atomic mass is 10.1. The number of nitrogens with two attached hydrogens (primary N) is 1. The van der Waals surface area contributed by atoms with Crippen molar-refractivity contribution >= 4 is 23.1 Å². The molecule has 0 heterocycles. The molecular weight excluding hydrogens is 286 g/mol. The Balaban J connectivity index is 2.06. The van der Waals surface area contributed by atoms with E-state index < -0.39 is 12.5 Å². The van der Waals surface area contributed by atoms with Gasteiger partial charge in [0.25, 0.3) is 5.91 Å². The molecule has 20 heavy (non-hydrogen) atoms. The summed E-state index contributed by atoms with van der Waals surface area (Å²) >= 11 is 4.92. The van der Waals surface area contributed by atoms with Crippen molar-refractivity contribution in [1.29, 1.82) is 0 Å². The van der Waals surface area contributed by atoms with Crippen LogP contribution in [0.1, 0.15) is 23.2 Å². The van der Waals surface area contributed by atoms with E-state index in [1.54, 1.807) is 0 Å². The van der Waals surface area contributed by atoms with Crippen molar-refractivity contribution in [3.63, 3.8) is 0 Å². The number of alkyl halides is 2.